The van der Waals surface area contributed by atoms with E-state index in [9.17, 15) is 4.79 Å². The predicted molar refractivity (Wildman–Crippen MR) is 98.1 cm³/mol. The molecule has 0 spiro atoms. The van der Waals surface area contributed by atoms with Crippen LogP contribution in [0.2, 0.25) is 0 Å². The molecule has 4 aromatic rings. The summed E-state index contributed by atoms with van der Waals surface area (Å²) in [6.07, 6.45) is 2.07. The van der Waals surface area contributed by atoms with E-state index in [1.807, 2.05) is 24.3 Å². The van der Waals surface area contributed by atoms with Gasteiger partial charge in [0.15, 0.2) is 5.16 Å². The molecule has 8 heteroatoms. The zero-order valence-electron chi connectivity index (χ0n) is 13.5. The second-order valence-corrected chi connectivity index (χ2v) is 7.01. The minimum Gasteiger partial charge on any atom is -0.325 e. The molecule has 1 aliphatic heterocycles. The van der Waals surface area contributed by atoms with Gasteiger partial charge in [0.1, 0.15) is 11.0 Å². The molecule has 128 valence electrons. The number of amides is 1. The van der Waals surface area contributed by atoms with Crippen molar-refractivity contribution in [3.05, 3.63) is 54.2 Å². The lowest BCUT2D eigenvalue weighted by atomic mass is 10.1. The highest BCUT2D eigenvalue weighted by Crippen LogP contribution is 2.29. The van der Waals surface area contributed by atoms with Crippen LogP contribution in [0.4, 0.5) is 5.69 Å². The Morgan fingerprint density at radius 3 is 2.81 bits per heavy atom. The third-order valence-electron chi connectivity index (χ3n) is 4.26. The first-order valence-corrected chi connectivity index (χ1v) is 9.09. The lowest BCUT2D eigenvalue weighted by Crippen LogP contribution is -2.11. The summed E-state index contributed by atoms with van der Waals surface area (Å²) in [5.74, 6) is 0.879. The SMILES string of the molecule is O=C(Nc1ccc(-c2cn3c(n2)SCC3)cc1)c1ccc2nonc2c1. The number of carbonyl (C=O) groups is 1. The van der Waals surface area contributed by atoms with Crippen LogP contribution in [0, 0.1) is 0 Å². The molecule has 1 aliphatic rings. The average molecular weight is 363 g/mol. The summed E-state index contributed by atoms with van der Waals surface area (Å²) >= 11 is 1.77. The van der Waals surface area contributed by atoms with Gasteiger partial charge in [-0.25, -0.2) is 9.61 Å². The molecule has 0 atom stereocenters. The Labute approximate surface area is 152 Å². The standard InChI is InChI=1S/C18H13N5O2S/c24-17(12-3-6-14-15(9-12)22-25-21-14)19-13-4-1-11(2-5-13)16-10-23-7-8-26-18(23)20-16/h1-6,9-10H,7-8H2,(H,19,24). The van der Waals surface area contributed by atoms with Crippen LogP contribution in [0.25, 0.3) is 22.3 Å². The summed E-state index contributed by atoms with van der Waals surface area (Å²) in [6.45, 7) is 1.01. The molecule has 26 heavy (non-hydrogen) atoms. The number of hydrogen-bond donors (Lipinski definition) is 1. The molecule has 1 N–H and O–H groups in total. The highest BCUT2D eigenvalue weighted by atomic mass is 32.2. The van der Waals surface area contributed by atoms with Crippen molar-refractivity contribution in [1.82, 2.24) is 19.9 Å². The molecule has 7 nitrogen and oxygen atoms in total. The van der Waals surface area contributed by atoms with Crippen molar-refractivity contribution in [3.8, 4) is 11.3 Å². The number of fused-ring (bicyclic) bond motifs is 2. The van der Waals surface area contributed by atoms with Crippen LogP contribution in [0.5, 0.6) is 0 Å². The summed E-state index contributed by atoms with van der Waals surface area (Å²) in [4.78, 5) is 17.1. The molecule has 3 heterocycles. The van der Waals surface area contributed by atoms with E-state index in [4.69, 9.17) is 0 Å². The fourth-order valence-electron chi connectivity index (χ4n) is 2.90. The highest BCUT2D eigenvalue weighted by Gasteiger charge is 2.15. The molecular weight excluding hydrogens is 350 g/mol. The van der Waals surface area contributed by atoms with Gasteiger partial charge in [-0.1, -0.05) is 23.9 Å². The van der Waals surface area contributed by atoms with E-state index < -0.39 is 0 Å². The smallest absolute Gasteiger partial charge is 0.255 e. The number of benzene rings is 2. The van der Waals surface area contributed by atoms with Crippen molar-refractivity contribution >= 4 is 34.4 Å². The molecule has 5 rings (SSSR count). The number of aromatic nitrogens is 4. The fourth-order valence-corrected chi connectivity index (χ4v) is 3.84. The number of hydrogen-bond acceptors (Lipinski definition) is 6. The quantitative estimate of drug-likeness (QED) is 0.600. The minimum atomic E-state index is -0.208. The number of aryl methyl sites for hydroxylation is 1. The summed E-state index contributed by atoms with van der Waals surface area (Å²) < 4.78 is 6.83. The normalized spacial score (nSPS) is 13.1. The Morgan fingerprint density at radius 1 is 1.12 bits per heavy atom. The van der Waals surface area contributed by atoms with Crippen LogP contribution in [0.3, 0.4) is 0 Å². The largest absolute Gasteiger partial charge is 0.325 e. The zero-order valence-corrected chi connectivity index (χ0v) is 14.4. The Kier molecular flexibility index (Phi) is 3.49. The molecule has 0 aliphatic carbocycles. The van der Waals surface area contributed by atoms with E-state index in [1.54, 1.807) is 30.0 Å². The first-order chi connectivity index (χ1) is 12.8. The van der Waals surface area contributed by atoms with E-state index >= 15 is 0 Å². The Balaban J connectivity index is 1.34. The zero-order chi connectivity index (χ0) is 17.5. The maximum Gasteiger partial charge on any atom is 0.255 e. The van der Waals surface area contributed by atoms with Crippen LogP contribution < -0.4 is 5.32 Å². The van der Waals surface area contributed by atoms with Gasteiger partial charge < -0.3 is 9.88 Å². The predicted octanol–water partition coefficient (Wildman–Crippen LogP) is 3.44. The van der Waals surface area contributed by atoms with Crippen molar-refractivity contribution < 1.29 is 9.42 Å². The van der Waals surface area contributed by atoms with E-state index in [0.717, 1.165) is 34.4 Å². The van der Waals surface area contributed by atoms with E-state index in [2.05, 4.69) is 36.0 Å². The lowest BCUT2D eigenvalue weighted by Gasteiger charge is -2.06. The molecule has 0 fully saturated rings. The van der Waals surface area contributed by atoms with Gasteiger partial charge in [0.05, 0.1) is 5.69 Å². The van der Waals surface area contributed by atoms with Crippen LogP contribution in [-0.2, 0) is 6.54 Å². The molecule has 0 bridgehead atoms. The second kappa shape index (κ2) is 5.99. The number of nitrogens with zero attached hydrogens (tertiary/aromatic N) is 4. The van der Waals surface area contributed by atoms with Gasteiger partial charge in [-0.05, 0) is 40.6 Å². The fraction of sp³-hybridized carbons (Fsp3) is 0.111. The van der Waals surface area contributed by atoms with Crippen LogP contribution >= 0.6 is 11.8 Å². The summed E-state index contributed by atoms with van der Waals surface area (Å²) in [5.41, 5.74) is 4.38. The van der Waals surface area contributed by atoms with Crippen molar-refractivity contribution in [3.63, 3.8) is 0 Å². The number of imidazole rings is 1. The molecule has 2 aromatic carbocycles. The van der Waals surface area contributed by atoms with Gasteiger partial charge in [0, 0.05) is 35.3 Å². The van der Waals surface area contributed by atoms with Crippen molar-refractivity contribution in [2.24, 2.45) is 0 Å². The highest BCUT2D eigenvalue weighted by molar-refractivity contribution is 7.99. The van der Waals surface area contributed by atoms with Gasteiger partial charge in [0.2, 0.25) is 0 Å². The maximum absolute atomic E-state index is 12.4. The minimum absolute atomic E-state index is 0.208. The van der Waals surface area contributed by atoms with Crippen LogP contribution in [0.1, 0.15) is 10.4 Å². The molecule has 0 saturated heterocycles. The summed E-state index contributed by atoms with van der Waals surface area (Å²) in [7, 11) is 0. The molecule has 1 amide bonds. The molecule has 2 aromatic heterocycles. The van der Waals surface area contributed by atoms with E-state index in [-0.39, 0.29) is 5.91 Å². The lowest BCUT2D eigenvalue weighted by molar-refractivity contribution is 0.102. The topological polar surface area (TPSA) is 85.8 Å². The summed E-state index contributed by atoms with van der Waals surface area (Å²) in [5, 5.41) is 11.4. The van der Waals surface area contributed by atoms with Crippen molar-refractivity contribution in [1.29, 1.82) is 0 Å². The third kappa shape index (κ3) is 2.64. The Hall–Kier alpha value is -3.13. The first-order valence-electron chi connectivity index (χ1n) is 8.10. The molecule has 0 saturated carbocycles. The van der Waals surface area contributed by atoms with Gasteiger partial charge >= 0.3 is 0 Å². The van der Waals surface area contributed by atoms with E-state index in [1.165, 1.54) is 0 Å². The number of anilines is 1. The number of thioether (sulfide) groups is 1. The Morgan fingerprint density at radius 2 is 1.96 bits per heavy atom. The van der Waals surface area contributed by atoms with Crippen molar-refractivity contribution in [2.75, 3.05) is 11.1 Å². The van der Waals surface area contributed by atoms with E-state index in [0.29, 0.717) is 16.6 Å². The molecule has 0 unspecified atom stereocenters. The summed E-state index contributed by atoms with van der Waals surface area (Å²) in [6, 6.07) is 12.7. The van der Waals surface area contributed by atoms with Gasteiger partial charge in [-0.2, -0.15) is 0 Å². The number of nitrogens with one attached hydrogen (secondary N) is 1. The van der Waals surface area contributed by atoms with Crippen LogP contribution in [-0.4, -0.2) is 31.5 Å². The molecular formula is C18H13N5O2S. The van der Waals surface area contributed by atoms with Gasteiger partial charge in [-0.15, -0.1) is 0 Å². The Bertz CT molecular complexity index is 1090. The van der Waals surface area contributed by atoms with Gasteiger partial charge in [0.25, 0.3) is 5.91 Å². The number of carbonyl (C=O) groups excluding carboxylic acids is 1. The van der Waals surface area contributed by atoms with Crippen molar-refractivity contribution in [2.45, 2.75) is 11.7 Å². The average Bonchev–Trinajstić information content (AvgIpc) is 3.37. The number of rotatable bonds is 3. The second-order valence-electron chi connectivity index (χ2n) is 5.95. The van der Waals surface area contributed by atoms with Crippen LogP contribution in [0.15, 0.2) is 58.4 Å². The van der Waals surface area contributed by atoms with Gasteiger partial charge in [-0.3, -0.25) is 4.79 Å². The maximum atomic E-state index is 12.4. The first kappa shape index (κ1) is 15.2. The molecule has 0 radical (unpaired) electrons. The third-order valence-corrected chi connectivity index (χ3v) is 5.23. The monoisotopic (exact) mass is 363 g/mol.